The summed E-state index contributed by atoms with van der Waals surface area (Å²) in [7, 11) is 0. The number of amides is 1. The van der Waals surface area contributed by atoms with Gasteiger partial charge in [-0.2, -0.15) is 0 Å². The molecule has 2 aliphatic rings. The van der Waals surface area contributed by atoms with Crippen LogP contribution in [0, 0.1) is 11.6 Å². The first kappa shape index (κ1) is 23.9. The third kappa shape index (κ3) is 4.31. The van der Waals surface area contributed by atoms with Crippen LogP contribution in [-0.4, -0.2) is 69.6 Å². The first-order chi connectivity index (χ1) is 15.9. The molecule has 1 aromatic carbocycles. The van der Waals surface area contributed by atoms with E-state index in [9.17, 15) is 24.6 Å². The Morgan fingerprint density at radius 1 is 1.21 bits per heavy atom. The summed E-state index contributed by atoms with van der Waals surface area (Å²) in [6.45, 7) is 4.79. The monoisotopic (exact) mass is 479 g/mol. The Morgan fingerprint density at radius 3 is 2.44 bits per heavy atom. The number of benzene rings is 1. The van der Waals surface area contributed by atoms with Crippen LogP contribution in [0.1, 0.15) is 50.0 Å². The summed E-state index contributed by atoms with van der Waals surface area (Å²) in [5.41, 5.74) is -2.82. The Labute approximate surface area is 194 Å². The van der Waals surface area contributed by atoms with Gasteiger partial charge >= 0.3 is 12.1 Å². The van der Waals surface area contributed by atoms with Crippen LogP contribution in [0.15, 0.2) is 17.1 Å². The number of hydrogen-bond donors (Lipinski definition) is 2. The molecule has 0 radical (unpaired) electrons. The minimum atomic E-state index is -1.47. The van der Waals surface area contributed by atoms with Gasteiger partial charge in [0, 0.05) is 31.9 Å². The number of anilines is 1. The van der Waals surface area contributed by atoms with E-state index in [2.05, 4.69) is 0 Å². The van der Waals surface area contributed by atoms with Crippen LogP contribution in [0.2, 0.25) is 0 Å². The van der Waals surface area contributed by atoms with Gasteiger partial charge in [0.1, 0.15) is 22.7 Å². The van der Waals surface area contributed by atoms with Crippen molar-refractivity contribution in [2.24, 2.45) is 0 Å². The number of hydrogen-bond acceptors (Lipinski definition) is 6. The first-order valence-corrected chi connectivity index (χ1v) is 11.1. The molecule has 1 aromatic heterocycles. The number of carboxylic acids is 1. The van der Waals surface area contributed by atoms with Crippen molar-refractivity contribution in [1.29, 1.82) is 0 Å². The lowest BCUT2D eigenvalue weighted by Crippen LogP contribution is -2.57. The van der Waals surface area contributed by atoms with Crippen LogP contribution in [0.25, 0.3) is 10.9 Å². The van der Waals surface area contributed by atoms with Gasteiger partial charge < -0.3 is 29.3 Å². The van der Waals surface area contributed by atoms with Crippen LogP contribution in [0.5, 0.6) is 0 Å². The van der Waals surface area contributed by atoms with Gasteiger partial charge in [-0.1, -0.05) is 0 Å². The number of carbonyl (C=O) groups excluding carboxylic acids is 1. The van der Waals surface area contributed by atoms with Gasteiger partial charge in [-0.15, -0.1) is 0 Å². The summed E-state index contributed by atoms with van der Waals surface area (Å²) in [4.78, 5) is 39.4. The number of aromatic carboxylic acids is 1. The molecule has 0 spiro atoms. The van der Waals surface area contributed by atoms with E-state index in [1.54, 1.807) is 20.8 Å². The molecule has 11 heteroatoms. The maximum atomic E-state index is 15.9. The number of aliphatic hydroxyl groups excluding tert-OH is 1. The molecule has 1 amide bonds. The molecule has 1 saturated carbocycles. The molecule has 2 aromatic rings. The second-order valence-corrected chi connectivity index (χ2v) is 9.69. The average Bonchev–Trinajstić information content (AvgIpc) is 3.58. The molecule has 0 bridgehead atoms. The molecule has 1 aliphatic carbocycles. The van der Waals surface area contributed by atoms with E-state index in [1.807, 2.05) is 0 Å². The Hall–Kier alpha value is -3.21. The van der Waals surface area contributed by atoms with Gasteiger partial charge in [-0.3, -0.25) is 4.79 Å². The molecule has 2 fully saturated rings. The van der Waals surface area contributed by atoms with Crippen LogP contribution < -0.4 is 10.3 Å². The van der Waals surface area contributed by atoms with Gasteiger partial charge in [0.05, 0.1) is 23.6 Å². The average molecular weight is 479 g/mol. The zero-order chi connectivity index (χ0) is 24.9. The van der Waals surface area contributed by atoms with Crippen LogP contribution in [-0.2, 0) is 4.74 Å². The fourth-order valence-electron chi connectivity index (χ4n) is 4.29. The van der Waals surface area contributed by atoms with Crippen LogP contribution >= 0.6 is 0 Å². The minimum Gasteiger partial charge on any atom is -0.477 e. The van der Waals surface area contributed by atoms with Gasteiger partial charge in [0.2, 0.25) is 5.43 Å². The van der Waals surface area contributed by atoms with E-state index in [1.165, 1.54) is 14.4 Å². The number of aliphatic hydroxyl groups is 1. The van der Waals surface area contributed by atoms with Gasteiger partial charge in [0.15, 0.2) is 5.82 Å². The molecule has 184 valence electrons. The number of pyridine rings is 1. The molecule has 34 heavy (non-hydrogen) atoms. The fraction of sp³-hybridized carbons (Fsp3) is 0.522. The molecule has 1 unspecified atom stereocenters. The molecule has 2 N–H and O–H groups in total. The molecule has 9 nitrogen and oxygen atoms in total. The summed E-state index contributed by atoms with van der Waals surface area (Å²) in [5, 5.41) is 19.0. The molecule has 2 heterocycles. The Balaban J connectivity index is 1.77. The SMILES string of the molecule is CC(C)(C)OC(=O)N1CCN(c2c(F)cc3c(=O)c(C(=O)O)cn(C4CC4)c3c2F)C(CO)C1. The lowest BCUT2D eigenvalue weighted by atomic mass is 10.1. The Morgan fingerprint density at radius 2 is 1.88 bits per heavy atom. The molecule has 1 atom stereocenters. The summed E-state index contributed by atoms with van der Waals surface area (Å²) >= 11 is 0. The normalized spacial score (nSPS) is 18.9. The number of nitrogens with zero attached hydrogens (tertiary/aromatic N) is 3. The number of carboxylic acid groups (broad SMARTS) is 1. The highest BCUT2D eigenvalue weighted by molar-refractivity contribution is 5.94. The van der Waals surface area contributed by atoms with E-state index in [4.69, 9.17) is 4.74 Å². The lowest BCUT2D eigenvalue weighted by molar-refractivity contribution is 0.0196. The number of piperazine rings is 1. The number of carbonyl (C=O) groups is 2. The molecule has 1 aliphatic heterocycles. The number of ether oxygens (including phenoxy) is 1. The first-order valence-electron chi connectivity index (χ1n) is 11.1. The van der Waals surface area contributed by atoms with Crippen molar-refractivity contribution in [3.63, 3.8) is 0 Å². The number of halogens is 2. The number of fused-ring (bicyclic) bond motifs is 1. The highest BCUT2D eigenvalue weighted by Crippen LogP contribution is 2.40. The standard InChI is InChI=1S/C23H27F2N3O6/c1-23(2,3)34-22(33)26-6-7-27(13(9-26)11-29)19-16(24)8-14-18(17(19)25)28(12-4-5-12)10-15(20(14)30)21(31)32/h8,10,12-13,29H,4-7,9,11H2,1-3H3,(H,31,32). The van der Waals surface area contributed by atoms with E-state index >= 15 is 8.78 Å². The van der Waals surface area contributed by atoms with Gasteiger partial charge in [-0.05, 0) is 39.7 Å². The third-order valence-electron chi connectivity index (χ3n) is 5.99. The predicted octanol–water partition coefficient (Wildman–Crippen LogP) is 2.73. The summed E-state index contributed by atoms with van der Waals surface area (Å²) in [5.74, 6) is -3.51. The summed E-state index contributed by atoms with van der Waals surface area (Å²) < 4.78 is 37.9. The third-order valence-corrected chi connectivity index (χ3v) is 5.99. The lowest BCUT2D eigenvalue weighted by Gasteiger charge is -2.42. The van der Waals surface area contributed by atoms with E-state index in [-0.39, 0.29) is 36.6 Å². The highest BCUT2D eigenvalue weighted by atomic mass is 19.1. The zero-order valence-corrected chi connectivity index (χ0v) is 19.2. The second kappa shape index (κ2) is 8.53. The minimum absolute atomic E-state index is 0.0181. The second-order valence-electron chi connectivity index (χ2n) is 9.69. The van der Waals surface area contributed by atoms with Crippen molar-refractivity contribution in [3.05, 3.63) is 39.7 Å². The van der Waals surface area contributed by atoms with Gasteiger partial charge in [-0.25, -0.2) is 18.4 Å². The van der Waals surface area contributed by atoms with Crippen molar-refractivity contribution in [2.45, 2.75) is 51.3 Å². The molecule has 1 saturated heterocycles. The van der Waals surface area contributed by atoms with E-state index in [0.29, 0.717) is 12.8 Å². The Kier molecular flexibility index (Phi) is 6.01. The van der Waals surface area contributed by atoms with Crippen molar-refractivity contribution < 1.29 is 33.3 Å². The van der Waals surface area contributed by atoms with Crippen molar-refractivity contribution >= 4 is 28.7 Å². The number of rotatable bonds is 4. The Bertz CT molecular complexity index is 1220. The van der Waals surface area contributed by atoms with Crippen molar-refractivity contribution in [2.75, 3.05) is 31.1 Å². The smallest absolute Gasteiger partial charge is 0.410 e. The van der Waals surface area contributed by atoms with E-state index in [0.717, 1.165) is 12.3 Å². The van der Waals surface area contributed by atoms with E-state index < -0.39 is 58.6 Å². The van der Waals surface area contributed by atoms with Gasteiger partial charge in [0.25, 0.3) is 0 Å². The highest BCUT2D eigenvalue weighted by Gasteiger charge is 2.36. The van der Waals surface area contributed by atoms with Crippen LogP contribution in [0.3, 0.4) is 0 Å². The maximum Gasteiger partial charge on any atom is 0.410 e. The largest absolute Gasteiger partial charge is 0.477 e. The molecular formula is C23H27F2N3O6. The van der Waals surface area contributed by atoms with Crippen LogP contribution in [0.4, 0.5) is 19.3 Å². The predicted molar refractivity (Wildman–Crippen MR) is 119 cm³/mol. The summed E-state index contributed by atoms with van der Waals surface area (Å²) in [6.07, 6.45) is 1.88. The molecule has 4 rings (SSSR count). The fourth-order valence-corrected chi connectivity index (χ4v) is 4.29. The number of aromatic nitrogens is 1. The quantitative estimate of drug-likeness (QED) is 0.694. The molecular weight excluding hydrogens is 452 g/mol. The maximum absolute atomic E-state index is 15.9. The zero-order valence-electron chi connectivity index (χ0n) is 19.2. The van der Waals surface area contributed by atoms with Crippen molar-refractivity contribution in [1.82, 2.24) is 9.47 Å². The summed E-state index contributed by atoms with van der Waals surface area (Å²) in [6, 6.07) is -0.149. The topological polar surface area (TPSA) is 112 Å². The van der Waals surface area contributed by atoms with Crippen molar-refractivity contribution in [3.8, 4) is 0 Å².